The van der Waals surface area contributed by atoms with Crippen LogP contribution in [-0.2, 0) is 9.53 Å². The number of thiazole rings is 1. The summed E-state index contributed by atoms with van der Waals surface area (Å²) in [6.45, 7) is 7.86. The van der Waals surface area contributed by atoms with Crippen molar-refractivity contribution in [2.45, 2.75) is 39.2 Å². The van der Waals surface area contributed by atoms with Gasteiger partial charge in [0, 0.05) is 0 Å². The number of aliphatic hydroxyl groups excluding tert-OH is 1. The molecule has 3 heterocycles. The van der Waals surface area contributed by atoms with E-state index in [2.05, 4.69) is 18.5 Å². The molecule has 0 fully saturated rings. The zero-order chi connectivity index (χ0) is 27.2. The average molecular weight is 553 g/mol. The summed E-state index contributed by atoms with van der Waals surface area (Å²) in [4.78, 5) is 45.8. The van der Waals surface area contributed by atoms with E-state index in [0.29, 0.717) is 28.5 Å². The molecular formula is C28H28N2O6S2. The van der Waals surface area contributed by atoms with Gasteiger partial charge in [-0.1, -0.05) is 62.0 Å². The minimum Gasteiger partial charge on any atom is -0.503 e. The van der Waals surface area contributed by atoms with Crippen LogP contribution in [0.3, 0.4) is 0 Å². The molecule has 0 aliphatic carbocycles. The first-order chi connectivity index (χ1) is 18.4. The molecule has 1 atom stereocenters. The number of unbranched alkanes of at least 4 members (excludes halogenated alkanes) is 2. The third-order valence-corrected chi connectivity index (χ3v) is 7.90. The fraction of sp³-hybridized carbons (Fsp3) is 0.286. The van der Waals surface area contributed by atoms with Crippen molar-refractivity contribution < 1.29 is 29.0 Å². The van der Waals surface area contributed by atoms with Gasteiger partial charge >= 0.3 is 5.97 Å². The summed E-state index contributed by atoms with van der Waals surface area (Å²) in [5, 5.41) is 12.9. The number of ether oxygens (including phenoxy) is 2. The topological polar surface area (TPSA) is 106 Å². The Morgan fingerprint density at radius 3 is 2.76 bits per heavy atom. The third-order valence-electron chi connectivity index (χ3n) is 5.90. The normalized spacial score (nSPS) is 15.2. The summed E-state index contributed by atoms with van der Waals surface area (Å²) < 4.78 is 11.1. The molecule has 0 saturated heterocycles. The molecular weight excluding hydrogens is 524 g/mol. The minimum atomic E-state index is -0.973. The smallest absolute Gasteiger partial charge is 0.350 e. The minimum absolute atomic E-state index is 0.0314. The Kier molecular flexibility index (Phi) is 8.75. The van der Waals surface area contributed by atoms with Gasteiger partial charge in [-0.3, -0.25) is 14.5 Å². The summed E-state index contributed by atoms with van der Waals surface area (Å²) in [6, 6.07) is 9.52. The number of benzene rings is 1. The number of esters is 1. The molecule has 1 aliphatic rings. The quantitative estimate of drug-likeness (QED) is 0.123. The lowest BCUT2D eigenvalue weighted by molar-refractivity contribution is -0.117. The van der Waals surface area contributed by atoms with E-state index >= 15 is 0 Å². The highest BCUT2D eigenvalue weighted by molar-refractivity contribution is 7.17. The fourth-order valence-electron chi connectivity index (χ4n) is 4.08. The largest absolute Gasteiger partial charge is 0.503 e. The van der Waals surface area contributed by atoms with E-state index in [0.717, 1.165) is 30.6 Å². The average Bonchev–Trinajstić information content (AvgIpc) is 3.64. The molecule has 1 amide bonds. The first-order valence-corrected chi connectivity index (χ1v) is 13.9. The van der Waals surface area contributed by atoms with Crippen LogP contribution in [0.5, 0.6) is 5.75 Å². The highest BCUT2D eigenvalue weighted by Gasteiger charge is 2.46. The molecule has 1 aromatic carbocycles. The molecule has 10 heteroatoms. The maximum atomic E-state index is 13.5. The number of rotatable bonds is 12. The number of carbonyl (C=O) groups is 3. The Balaban J connectivity index is 1.76. The lowest BCUT2D eigenvalue weighted by atomic mass is 9.95. The number of aliphatic hydroxyl groups is 1. The predicted molar refractivity (Wildman–Crippen MR) is 147 cm³/mol. The summed E-state index contributed by atoms with van der Waals surface area (Å²) in [5.74, 6) is -1.88. The molecule has 1 unspecified atom stereocenters. The van der Waals surface area contributed by atoms with Crippen molar-refractivity contribution in [3.63, 3.8) is 0 Å². The van der Waals surface area contributed by atoms with Gasteiger partial charge in [0.25, 0.3) is 5.91 Å². The van der Waals surface area contributed by atoms with E-state index in [1.807, 2.05) is 6.07 Å². The zero-order valence-corrected chi connectivity index (χ0v) is 22.8. The monoisotopic (exact) mass is 552 g/mol. The molecule has 1 aliphatic heterocycles. The third kappa shape index (κ3) is 5.56. The standard InChI is InChI=1S/C28H28N2O6S2/c1-4-6-7-14-35-19-11-8-10-18(16-19)22-21(23(31)20-12-9-15-37-20)24(32)26(33)30(22)28-29-17(3)25(38-28)27(34)36-13-5-2/h5,8-12,15-16,22,32H,2,4,6-7,13-14H2,1,3H3. The van der Waals surface area contributed by atoms with E-state index in [1.165, 1.54) is 22.3 Å². The molecule has 0 radical (unpaired) electrons. The summed E-state index contributed by atoms with van der Waals surface area (Å²) in [6.07, 6.45) is 4.47. The Bertz CT molecular complexity index is 1380. The van der Waals surface area contributed by atoms with Crippen LogP contribution in [0.15, 0.2) is 65.8 Å². The zero-order valence-electron chi connectivity index (χ0n) is 21.1. The number of carbonyl (C=O) groups excluding carboxylic acids is 3. The molecule has 4 rings (SSSR count). The molecule has 198 valence electrons. The maximum Gasteiger partial charge on any atom is 0.350 e. The van der Waals surface area contributed by atoms with Crippen molar-refractivity contribution in [1.82, 2.24) is 4.98 Å². The Morgan fingerprint density at radius 2 is 2.05 bits per heavy atom. The second kappa shape index (κ2) is 12.2. The highest BCUT2D eigenvalue weighted by atomic mass is 32.1. The molecule has 1 N–H and O–H groups in total. The van der Waals surface area contributed by atoms with Crippen LogP contribution in [0.4, 0.5) is 5.13 Å². The summed E-state index contributed by atoms with van der Waals surface area (Å²) in [7, 11) is 0. The van der Waals surface area contributed by atoms with Crippen molar-refractivity contribution in [1.29, 1.82) is 0 Å². The molecule has 0 bridgehead atoms. The van der Waals surface area contributed by atoms with Crippen LogP contribution in [0.1, 0.15) is 62.8 Å². The van der Waals surface area contributed by atoms with Gasteiger partial charge in [0.2, 0.25) is 5.78 Å². The number of aryl methyl sites for hydroxylation is 1. The number of anilines is 1. The summed E-state index contributed by atoms with van der Waals surface area (Å²) in [5.41, 5.74) is 0.888. The van der Waals surface area contributed by atoms with Crippen LogP contribution < -0.4 is 9.64 Å². The van der Waals surface area contributed by atoms with Gasteiger partial charge in [-0.2, -0.15) is 0 Å². The number of Topliss-reactive ketones (excluding diaryl/α,β-unsaturated/α-hetero) is 1. The van der Waals surface area contributed by atoms with Crippen LogP contribution in [-0.4, -0.2) is 41.0 Å². The number of aromatic nitrogens is 1. The van der Waals surface area contributed by atoms with Gasteiger partial charge in [0.05, 0.1) is 28.8 Å². The van der Waals surface area contributed by atoms with Crippen LogP contribution >= 0.6 is 22.7 Å². The van der Waals surface area contributed by atoms with Gasteiger partial charge in [-0.15, -0.1) is 11.3 Å². The lowest BCUT2D eigenvalue weighted by Crippen LogP contribution is -2.31. The first kappa shape index (κ1) is 27.3. The Hall–Kier alpha value is -3.76. The Labute approximate surface area is 228 Å². The van der Waals surface area contributed by atoms with Gasteiger partial charge in [0.1, 0.15) is 17.2 Å². The van der Waals surface area contributed by atoms with E-state index in [1.54, 1.807) is 42.6 Å². The van der Waals surface area contributed by atoms with Gasteiger partial charge < -0.3 is 14.6 Å². The number of amides is 1. The van der Waals surface area contributed by atoms with Crippen molar-refractivity contribution in [2.75, 3.05) is 18.1 Å². The van der Waals surface area contributed by atoms with Crippen molar-refractivity contribution in [3.05, 3.63) is 86.8 Å². The predicted octanol–water partition coefficient (Wildman–Crippen LogP) is 6.21. The number of hydrogen-bond acceptors (Lipinski definition) is 9. The maximum absolute atomic E-state index is 13.5. The number of nitrogens with zero attached hydrogens (tertiary/aromatic N) is 2. The van der Waals surface area contributed by atoms with E-state index < -0.39 is 29.5 Å². The molecule has 0 spiro atoms. The van der Waals surface area contributed by atoms with Crippen molar-refractivity contribution in [2.24, 2.45) is 0 Å². The Morgan fingerprint density at radius 1 is 1.24 bits per heavy atom. The molecule has 0 saturated carbocycles. The lowest BCUT2D eigenvalue weighted by Gasteiger charge is -2.24. The summed E-state index contributed by atoms with van der Waals surface area (Å²) >= 11 is 2.18. The molecule has 2 aromatic heterocycles. The van der Waals surface area contributed by atoms with Crippen molar-refractivity contribution >= 4 is 45.5 Å². The SMILES string of the molecule is C=CCOC(=O)c1sc(N2C(=O)C(O)=C(C(=O)c3cccs3)C2c2cccc(OCCCCC)c2)nc1C. The fourth-order valence-corrected chi connectivity index (χ4v) is 5.75. The van der Waals surface area contributed by atoms with Crippen LogP contribution in [0.25, 0.3) is 0 Å². The van der Waals surface area contributed by atoms with Crippen LogP contribution in [0, 0.1) is 6.92 Å². The van der Waals surface area contributed by atoms with E-state index in [-0.39, 0.29) is 22.2 Å². The van der Waals surface area contributed by atoms with Gasteiger partial charge in [-0.05, 0) is 42.5 Å². The second-order valence-electron chi connectivity index (χ2n) is 8.57. The number of hydrogen-bond donors (Lipinski definition) is 1. The molecule has 3 aromatic rings. The second-order valence-corrected chi connectivity index (χ2v) is 10.5. The van der Waals surface area contributed by atoms with E-state index in [9.17, 15) is 19.5 Å². The molecule has 8 nitrogen and oxygen atoms in total. The van der Waals surface area contributed by atoms with Gasteiger partial charge in [0.15, 0.2) is 10.9 Å². The molecule has 38 heavy (non-hydrogen) atoms. The highest BCUT2D eigenvalue weighted by Crippen LogP contribution is 2.44. The number of ketones is 1. The number of thiophene rings is 1. The first-order valence-electron chi connectivity index (χ1n) is 12.2. The van der Waals surface area contributed by atoms with E-state index in [4.69, 9.17) is 9.47 Å². The van der Waals surface area contributed by atoms with Crippen molar-refractivity contribution in [3.8, 4) is 5.75 Å². The van der Waals surface area contributed by atoms with Gasteiger partial charge in [-0.25, -0.2) is 9.78 Å². The van der Waals surface area contributed by atoms with Crippen LogP contribution in [0.2, 0.25) is 0 Å².